The number of nitrogens with one attached hydrogen (secondary N) is 1. The highest BCUT2D eigenvalue weighted by molar-refractivity contribution is 7.98. The predicted molar refractivity (Wildman–Crippen MR) is 69.4 cm³/mol. The Morgan fingerprint density at radius 2 is 2.11 bits per heavy atom. The Bertz CT molecular complexity index is 498. The molecule has 0 spiro atoms. The van der Waals surface area contributed by atoms with E-state index in [1.54, 1.807) is 24.2 Å². The Hall–Kier alpha value is -1.56. The van der Waals surface area contributed by atoms with Crippen LogP contribution in [0.25, 0.3) is 0 Å². The minimum atomic E-state index is 0.520. The molecule has 6 heteroatoms. The summed E-state index contributed by atoms with van der Waals surface area (Å²) in [6.45, 7) is 0. The molecule has 0 atom stereocenters. The zero-order valence-electron chi connectivity index (χ0n) is 9.87. The number of pyridine rings is 1. The van der Waals surface area contributed by atoms with Crippen LogP contribution in [0.15, 0.2) is 33.8 Å². The molecule has 1 aliphatic rings. The first kappa shape index (κ1) is 11.5. The fraction of sp³-hybridized carbons (Fsp3) is 0.417. The molecule has 1 fully saturated rings. The Morgan fingerprint density at radius 3 is 2.83 bits per heavy atom. The number of anilines is 1. The summed E-state index contributed by atoms with van der Waals surface area (Å²) in [5.74, 6) is 1.34. The molecule has 0 radical (unpaired) electrons. The molecule has 5 nitrogen and oxygen atoms in total. The molecule has 0 amide bonds. The Morgan fingerprint density at radius 1 is 1.28 bits per heavy atom. The van der Waals surface area contributed by atoms with Gasteiger partial charge in [0.25, 0.3) is 0 Å². The lowest BCUT2D eigenvalue weighted by Gasteiger charge is -2.24. The lowest BCUT2D eigenvalue weighted by molar-refractivity contribution is 0.425. The number of thioether (sulfide) groups is 1. The molecule has 1 aliphatic carbocycles. The molecule has 0 aromatic carbocycles. The van der Waals surface area contributed by atoms with Crippen molar-refractivity contribution >= 4 is 17.8 Å². The highest BCUT2D eigenvalue weighted by Crippen LogP contribution is 2.24. The molecule has 94 valence electrons. The topological polar surface area (TPSA) is 63.8 Å². The smallest absolute Gasteiger partial charge is 0.315 e. The first-order valence-corrected chi connectivity index (χ1v) is 7.00. The Kier molecular flexibility index (Phi) is 3.45. The summed E-state index contributed by atoms with van der Waals surface area (Å²) in [7, 11) is 0. The van der Waals surface area contributed by atoms with Crippen molar-refractivity contribution in [1.29, 1.82) is 0 Å². The van der Waals surface area contributed by atoms with Gasteiger partial charge in [-0.15, -0.1) is 16.9 Å². The summed E-state index contributed by atoms with van der Waals surface area (Å²) in [5, 5.41) is 11.3. The molecule has 2 aromatic heterocycles. The van der Waals surface area contributed by atoms with Gasteiger partial charge in [-0.3, -0.25) is 4.98 Å². The number of hydrogen-bond donors (Lipinski definition) is 1. The molecule has 1 N–H and O–H groups in total. The van der Waals surface area contributed by atoms with Gasteiger partial charge in [0.1, 0.15) is 0 Å². The molecule has 1 saturated carbocycles. The zero-order valence-corrected chi connectivity index (χ0v) is 10.7. The Labute approximate surface area is 109 Å². The fourth-order valence-corrected chi connectivity index (χ4v) is 2.40. The number of nitrogens with zero attached hydrogens (tertiary/aromatic N) is 3. The van der Waals surface area contributed by atoms with Crippen LogP contribution in [0.1, 0.15) is 25.2 Å². The van der Waals surface area contributed by atoms with Crippen molar-refractivity contribution in [1.82, 2.24) is 15.2 Å². The lowest BCUT2D eigenvalue weighted by Crippen LogP contribution is -2.27. The van der Waals surface area contributed by atoms with E-state index in [-0.39, 0.29) is 0 Å². The third kappa shape index (κ3) is 2.81. The molecule has 0 bridgehead atoms. The van der Waals surface area contributed by atoms with E-state index in [0.717, 1.165) is 4.90 Å². The first-order chi connectivity index (χ1) is 8.90. The van der Waals surface area contributed by atoms with E-state index < -0.39 is 0 Å². The van der Waals surface area contributed by atoms with Crippen molar-refractivity contribution < 1.29 is 4.42 Å². The van der Waals surface area contributed by atoms with Crippen LogP contribution in [0.4, 0.5) is 6.01 Å². The van der Waals surface area contributed by atoms with Gasteiger partial charge in [0.15, 0.2) is 0 Å². The summed E-state index contributed by atoms with van der Waals surface area (Å²) < 4.78 is 5.54. The van der Waals surface area contributed by atoms with E-state index in [9.17, 15) is 0 Å². The van der Waals surface area contributed by atoms with Gasteiger partial charge < -0.3 is 9.73 Å². The molecule has 3 rings (SSSR count). The average Bonchev–Trinajstić information content (AvgIpc) is 2.81. The molecule has 2 aromatic rings. The van der Waals surface area contributed by atoms with E-state index in [1.807, 2.05) is 12.1 Å². The monoisotopic (exact) mass is 262 g/mol. The van der Waals surface area contributed by atoms with Crippen molar-refractivity contribution in [2.24, 2.45) is 0 Å². The second-order valence-electron chi connectivity index (χ2n) is 4.24. The SMILES string of the molecule is c1cc(SCc2nnc(NC3CCC3)o2)ccn1. The van der Waals surface area contributed by atoms with Crippen LogP contribution in [-0.4, -0.2) is 21.2 Å². The Balaban J connectivity index is 1.53. The van der Waals surface area contributed by atoms with Gasteiger partial charge in [-0.25, -0.2) is 0 Å². The van der Waals surface area contributed by atoms with Crippen LogP contribution in [-0.2, 0) is 5.75 Å². The summed E-state index contributed by atoms with van der Waals surface area (Å²) in [4.78, 5) is 5.13. The normalized spacial score (nSPS) is 15.3. The van der Waals surface area contributed by atoms with Gasteiger partial charge in [-0.1, -0.05) is 5.10 Å². The van der Waals surface area contributed by atoms with Gasteiger partial charge in [-0.2, -0.15) is 0 Å². The van der Waals surface area contributed by atoms with Crippen molar-refractivity contribution in [2.75, 3.05) is 5.32 Å². The molecule has 0 unspecified atom stereocenters. The van der Waals surface area contributed by atoms with Crippen molar-refractivity contribution in [3.63, 3.8) is 0 Å². The van der Waals surface area contributed by atoms with Crippen molar-refractivity contribution in [2.45, 2.75) is 36.0 Å². The van der Waals surface area contributed by atoms with Gasteiger partial charge >= 0.3 is 6.01 Å². The van der Waals surface area contributed by atoms with Gasteiger partial charge in [0, 0.05) is 23.3 Å². The second-order valence-corrected chi connectivity index (χ2v) is 5.29. The quantitative estimate of drug-likeness (QED) is 0.836. The number of aromatic nitrogens is 3. The first-order valence-electron chi connectivity index (χ1n) is 6.02. The second kappa shape index (κ2) is 5.39. The van der Waals surface area contributed by atoms with Gasteiger partial charge in [0.2, 0.25) is 5.89 Å². The highest BCUT2D eigenvalue weighted by Gasteiger charge is 2.19. The van der Waals surface area contributed by atoms with E-state index in [1.165, 1.54) is 19.3 Å². The van der Waals surface area contributed by atoms with E-state index >= 15 is 0 Å². The fourth-order valence-electron chi connectivity index (χ4n) is 1.68. The van der Waals surface area contributed by atoms with Gasteiger partial charge in [-0.05, 0) is 31.4 Å². The third-order valence-corrected chi connectivity index (χ3v) is 3.91. The summed E-state index contributed by atoms with van der Waals surface area (Å²) in [5.41, 5.74) is 0. The molecule has 18 heavy (non-hydrogen) atoms. The third-order valence-electron chi connectivity index (χ3n) is 2.91. The van der Waals surface area contributed by atoms with Crippen LogP contribution in [0.3, 0.4) is 0 Å². The predicted octanol–water partition coefficient (Wildman–Crippen LogP) is 2.72. The number of hydrogen-bond acceptors (Lipinski definition) is 6. The highest BCUT2D eigenvalue weighted by atomic mass is 32.2. The maximum Gasteiger partial charge on any atom is 0.315 e. The maximum atomic E-state index is 5.54. The minimum absolute atomic E-state index is 0.520. The van der Waals surface area contributed by atoms with Gasteiger partial charge in [0.05, 0.1) is 5.75 Å². The van der Waals surface area contributed by atoms with Crippen LogP contribution >= 0.6 is 11.8 Å². The lowest BCUT2D eigenvalue weighted by atomic mass is 9.93. The molecule has 0 saturated heterocycles. The van der Waals surface area contributed by atoms with Crippen LogP contribution in [0, 0.1) is 0 Å². The molecule has 2 heterocycles. The van der Waals surface area contributed by atoms with Crippen LogP contribution < -0.4 is 5.32 Å². The zero-order chi connectivity index (χ0) is 12.2. The standard InChI is InChI=1S/C12H14N4OS/c1-2-9(3-1)14-12-16-15-11(17-12)8-18-10-4-6-13-7-5-10/h4-7,9H,1-3,8H2,(H,14,16). The largest absolute Gasteiger partial charge is 0.407 e. The summed E-state index contributed by atoms with van der Waals surface area (Å²) in [6, 6.07) is 5.00. The number of rotatable bonds is 5. The average molecular weight is 262 g/mol. The van der Waals surface area contributed by atoms with Crippen molar-refractivity contribution in [3.8, 4) is 0 Å². The molecular weight excluding hydrogens is 248 g/mol. The summed E-state index contributed by atoms with van der Waals surface area (Å²) >= 11 is 1.66. The molecule has 0 aliphatic heterocycles. The van der Waals surface area contributed by atoms with E-state index in [0.29, 0.717) is 23.7 Å². The van der Waals surface area contributed by atoms with Crippen molar-refractivity contribution in [3.05, 3.63) is 30.4 Å². The maximum absolute atomic E-state index is 5.54. The minimum Gasteiger partial charge on any atom is -0.407 e. The van der Waals surface area contributed by atoms with Crippen LogP contribution in [0.5, 0.6) is 0 Å². The van der Waals surface area contributed by atoms with Crippen LogP contribution in [0.2, 0.25) is 0 Å². The van der Waals surface area contributed by atoms with E-state index in [4.69, 9.17) is 4.42 Å². The molecular formula is C12H14N4OS. The summed E-state index contributed by atoms with van der Waals surface area (Å²) in [6.07, 6.45) is 7.24. The van der Waals surface area contributed by atoms with E-state index in [2.05, 4.69) is 20.5 Å².